The summed E-state index contributed by atoms with van der Waals surface area (Å²) in [5, 5.41) is 9.69. The third kappa shape index (κ3) is 2.83. The van der Waals surface area contributed by atoms with E-state index >= 15 is 0 Å². The number of pyridine rings is 1. The van der Waals surface area contributed by atoms with E-state index in [1.165, 1.54) is 12.3 Å². The third-order valence-electron chi connectivity index (χ3n) is 1.49. The Balaban J connectivity index is 3.21. The Hall–Kier alpha value is 0.180. The number of halogens is 2. The van der Waals surface area contributed by atoms with Crippen molar-refractivity contribution in [1.29, 1.82) is 0 Å². The standard InChI is InChI=1S/C7H7Br2NO3S/c8-2-5(11)7-6(14(12)13)1-4(9)3-10-7/h1,3,5,11H,2H2,(H,12,13)/p-1. The number of aliphatic hydroxyl groups is 1. The van der Waals surface area contributed by atoms with Gasteiger partial charge in [-0.1, -0.05) is 15.9 Å². The van der Waals surface area contributed by atoms with Gasteiger partial charge in [-0.25, -0.2) is 0 Å². The lowest BCUT2D eigenvalue weighted by molar-refractivity contribution is 0.196. The van der Waals surface area contributed by atoms with Gasteiger partial charge in [0.15, 0.2) is 0 Å². The van der Waals surface area contributed by atoms with Crippen LogP contribution >= 0.6 is 31.9 Å². The van der Waals surface area contributed by atoms with Crippen molar-refractivity contribution in [1.82, 2.24) is 4.98 Å². The first-order valence-corrected chi connectivity index (χ1v) is 6.54. The van der Waals surface area contributed by atoms with Crippen LogP contribution in [0.25, 0.3) is 0 Å². The van der Waals surface area contributed by atoms with Gasteiger partial charge in [0.05, 0.1) is 10.6 Å². The Labute approximate surface area is 100 Å². The molecule has 0 radical (unpaired) electrons. The number of alkyl halides is 1. The second-order valence-electron chi connectivity index (χ2n) is 2.44. The number of aliphatic hydroxyl groups excluding tert-OH is 1. The SMILES string of the molecule is O=S([O-])c1cc(Br)cnc1C(O)CBr. The van der Waals surface area contributed by atoms with Crippen LogP contribution in [0.2, 0.25) is 0 Å². The molecule has 0 amide bonds. The molecule has 1 rings (SSSR count). The maximum atomic E-state index is 10.8. The molecule has 78 valence electrons. The first-order valence-electron chi connectivity index (χ1n) is 3.55. The Morgan fingerprint density at radius 1 is 1.71 bits per heavy atom. The van der Waals surface area contributed by atoms with E-state index in [0.717, 1.165) is 0 Å². The van der Waals surface area contributed by atoms with Crippen molar-refractivity contribution in [3.8, 4) is 0 Å². The third-order valence-corrected chi connectivity index (χ3v) is 3.22. The van der Waals surface area contributed by atoms with Gasteiger partial charge in [0, 0.05) is 16.0 Å². The second kappa shape index (κ2) is 5.32. The summed E-state index contributed by atoms with van der Waals surface area (Å²) in [5.74, 6) is 0. The number of rotatable bonds is 3. The smallest absolute Gasteiger partial charge is 0.107 e. The zero-order chi connectivity index (χ0) is 10.7. The Kier molecular flexibility index (Phi) is 4.65. The first kappa shape index (κ1) is 12.3. The largest absolute Gasteiger partial charge is 0.768 e. The van der Waals surface area contributed by atoms with E-state index in [1.807, 2.05) is 0 Å². The maximum absolute atomic E-state index is 10.8. The predicted molar refractivity (Wildman–Crippen MR) is 57.9 cm³/mol. The highest BCUT2D eigenvalue weighted by Gasteiger charge is 2.13. The van der Waals surface area contributed by atoms with Gasteiger partial charge in [0.1, 0.15) is 6.10 Å². The summed E-state index contributed by atoms with van der Waals surface area (Å²) in [6.07, 6.45) is 0.522. The molecule has 0 spiro atoms. The van der Waals surface area contributed by atoms with Crippen molar-refractivity contribution < 1.29 is 13.9 Å². The molecule has 1 N–H and O–H groups in total. The van der Waals surface area contributed by atoms with Crippen molar-refractivity contribution in [3.63, 3.8) is 0 Å². The molecule has 0 saturated carbocycles. The lowest BCUT2D eigenvalue weighted by Crippen LogP contribution is -2.07. The summed E-state index contributed by atoms with van der Waals surface area (Å²) in [6.45, 7) is 0. The Morgan fingerprint density at radius 3 is 2.86 bits per heavy atom. The molecule has 1 heterocycles. The summed E-state index contributed by atoms with van der Waals surface area (Å²) in [5.41, 5.74) is 0.151. The zero-order valence-corrected chi connectivity index (χ0v) is 10.8. The van der Waals surface area contributed by atoms with Crippen molar-refractivity contribution in [3.05, 3.63) is 22.4 Å². The van der Waals surface area contributed by atoms with E-state index in [-0.39, 0.29) is 15.9 Å². The van der Waals surface area contributed by atoms with Crippen LogP contribution in [0.5, 0.6) is 0 Å². The van der Waals surface area contributed by atoms with Gasteiger partial charge in [-0.2, -0.15) is 0 Å². The molecule has 0 bridgehead atoms. The van der Waals surface area contributed by atoms with Crippen LogP contribution in [0.15, 0.2) is 21.6 Å². The van der Waals surface area contributed by atoms with Gasteiger partial charge in [0.25, 0.3) is 0 Å². The lowest BCUT2D eigenvalue weighted by atomic mass is 10.2. The number of aromatic nitrogens is 1. The average molecular weight is 344 g/mol. The minimum atomic E-state index is -2.40. The molecule has 0 aliphatic carbocycles. The van der Waals surface area contributed by atoms with E-state index in [0.29, 0.717) is 4.47 Å². The first-order chi connectivity index (χ1) is 6.56. The van der Waals surface area contributed by atoms with Gasteiger partial charge in [0.2, 0.25) is 0 Å². The molecule has 2 unspecified atom stereocenters. The van der Waals surface area contributed by atoms with E-state index in [9.17, 15) is 13.9 Å². The molecule has 0 aliphatic rings. The highest BCUT2D eigenvalue weighted by molar-refractivity contribution is 9.10. The van der Waals surface area contributed by atoms with Crippen LogP contribution < -0.4 is 0 Å². The molecule has 0 saturated heterocycles. The van der Waals surface area contributed by atoms with Gasteiger partial charge in [-0.15, -0.1) is 0 Å². The predicted octanol–water partition coefficient (Wildman–Crippen LogP) is 1.51. The van der Waals surface area contributed by atoms with Crippen LogP contribution in [-0.4, -0.2) is 24.2 Å². The fourth-order valence-corrected chi connectivity index (χ4v) is 2.26. The van der Waals surface area contributed by atoms with Gasteiger partial charge < -0.3 is 9.66 Å². The Bertz CT molecular complexity index is 361. The van der Waals surface area contributed by atoms with Gasteiger partial charge >= 0.3 is 0 Å². The second-order valence-corrected chi connectivity index (χ2v) is 4.91. The monoisotopic (exact) mass is 342 g/mol. The minimum Gasteiger partial charge on any atom is -0.768 e. The molecule has 1 aromatic rings. The zero-order valence-electron chi connectivity index (χ0n) is 6.81. The molecule has 0 aliphatic heterocycles. The van der Waals surface area contributed by atoms with E-state index < -0.39 is 17.2 Å². The van der Waals surface area contributed by atoms with Crippen molar-refractivity contribution >= 4 is 42.9 Å². The molecule has 1 aromatic heterocycles. The lowest BCUT2D eigenvalue weighted by Gasteiger charge is -2.14. The number of hydrogen-bond donors (Lipinski definition) is 1. The molecular weight excluding hydrogens is 338 g/mol. The van der Waals surface area contributed by atoms with Gasteiger partial charge in [-0.05, 0) is 33.1 Å². The van der Waals surface area contributed by atoms with Crippen LogP contribution in [0.1, 0.15) is 11.8 Å². The van der Waals surface area contributed by atoms with E-state index in [4.69, 9.17) is 0 Å². The maximum Gasteiger partial charge on any atom is 0.107 e. The van der Waals surface area contributed by atoms with Crippen LogP contribution in [0.4, 0.5) is 0 Å². The Morgan fingerprint density at radius 2 is 2.36 bits per heavy atom. The van der Waals surface area contributed by atoms with Crippen molar-refractivity contribution in [2.75, 3.05) is 5.33 Å². The van der Waals surface area contributed by atoms with Crippen LogP contribution in [0.3, 0.4) is 0 Å². The normalized spacial score (nSPS) is 15.1. The van der Waals surface area contributed by atoms with Crippen molar-refractivity contribution in [2.45, 2.75) is 11.0 Å². The summed E-state index contributed by atoms with van der Waals surface area (Å²) >= 11 is 3.76. The van der Waals surface area contributed by atoms with Crippen LogP contribution in [-0.2, 0) is 11.1 Å². The molecule has 7 heteroatoms. The fourth-order valence-electron chi connectivity index (χ4n) is 0.888. The molecule has 14 heavy (non-hydrogen) atoms. The highest BCUT2D eigenvalue weighted by atomic mass is 79.9. The topological polar surface area (TPSA) is 73.2 Å². The minimum absolute atomic E-state index is 0.00586. The summed E-state index contributed by atoms with van der Waals surface area (Å²) in [7, 11) is 0. The van der Waals surface area contributed by atoms with E-state index in [2.05, 4.69) is 36.8 Å². The summed E-state index contributed by atoms with van der Waals surface area (Å²) in [6, 6.07) is 1.40. The van der Waals surface area contributed by atoms with Crippen molar-refractivity contribution in [2.24, 2.45) is 0 Å². The quantitative estimate of drug-likeness (QED) is 0.667. The molecule has 2 atom stereocenters. The summed E-state index contributed by atoms with van der Waals surface area (Å²) < 4.78 is 22.2. The number of hydrogen-bond acceptors (Lipinski definition) is 4. The molecule has 4 nitrogen and oxygen atoms in total. The summed E-state index contributed by atoms with van der Waals surface area (Å²) in [4.78, 5) is 3.86. The highest BCUT2D eigenvalue weighted by Crippen LogP contribution is 2.22. The molecule has 0 fully saturated rings. The molecular formula is C7H6Br2NO3S-. The van der Waals surface area contributed by atoms with Gasteiger partial charge in [-0.3, -0.25) is 9.19 Å². The molecule has 0 aromatic carbocycles. The number of nitrogens with zero attached hydrogens (tertiary/aromatic N) is 1. The average Bonchev–Trinajstić information content (AvgIpc) is 2.16. The van der Waals surface area contributed by atoms with Crippen LogP contribution in [0, 0.1) is 0 Å². The fraction of sp³-hybridized carbons (Fsp3) is 0.286. The van der Waals surface area contributed by atoms with E-state index in [1.54, 1.807) is 0 Å².